The Morgan fingerprint density at radius 1 is 0.966 bits per heavy atom. The van der Waals surface area contributed by atoms with Gasteiger partial charge in [-0.2, -0.15) is 0 Å². The molecule has 3 amide bonds. The standard InChI is InChI=1S/C23H29N3O3/c1-17-6-10-19(11-7-17)25-22(28)26-23(14-4-3-5-15-23)21(27)24-16-18-8-12-20(29-2)13-9-18/h6-13H,3-5,14-16H2,1-2H3,(H,24,27)(H2,25,26,28). The number of nitrogens with one attached hydrogen (secondary N) is 3. The first-order chi connectivity index (χ1) is 14.0. The Morgan fingerprint density at radius 2 is 1.62 bits per heavy atom. The van der Waals surface area contributed by atoms with Crippen LogP contribution in [-0.4, -0.2) is 24.6 Å². The third-order valence-electron chi connectivity index (χ3n) is 5.42. The van der Waals surface area contributed by atoms with Crippen molar-refractivity contribution in [2.75, 3.05) is 12.4 Å². The van der Waals surface area contributed by atoms with Crippen molar-refractivity contribution in [2.24, 2.45) is 0 Å². The number of rotatable bonds is 6. The number of carbonyl (C=O) groups is 2. The van der Waals surface area contributed by atoms with Gasteiger partial charge < -0.3 is 20.7 Å². The van der Waals surface area contributed by atoms with Crippen LogP contribution in [0.5, 0.6) is 5.75 Å². The van der Waals surface area contributed by atoms with Crippen LogP contribution >= 0.6 is 0 Å². The Morgan fingerprint density at radius 3 is 2.24 bits per heavy atom. The zero-order chi connectivity index (χ0) is 20.7. The molecule has 6 heteroatoms. The van der Waals surface area contributed by atoms with Crippen molar-refractivity contribution in [1.29, 1.82) is 0 Å². The van der Waals surface area contributed by atoms with Gasteiger partial charge in [-0.05, 0) is 49.6 Å². The Hall–Kier alpha value is -3.02. The molecule has 3 rings (SSSR count). The first kappa shape index (κ1) is 20.7. The lowest BCUT2D eigenvalue weighted by atomic mass is 9.81. The normalized spacial score (nSPS) is 15.2. The molecule has 0 radical (unpaired) electrons. The molecule has 2 aromatic carbocycles. The molecular formula is C23H29N3O3. The molecule has 6 nitrogen and oxygen atoms in total. The molecule has 0 bridgehead atoms. The molecule has 29 heavy (non-hydrogen) atoms. The minimum atomic E-state index is -0.875. The Labute approximate surface area is 172 Å². The monoisotopic (exact) mass is 395 g/mol. The van der Waals surface area contributed by atoms with Crippen LogP contribution < -0.4 is 20.7 Å². The summed E-state index contributed by atoms with van der Waals surface area (Å²) in [4.78, 5) is 25.7. The predicted molar refractivity (Wildman–Crippen MR) is 114 cm³/mol. The van der Waals surface area contributed by atoms with Crippen molar-refractivity contribution < 1.29 is 14.3 Å². The lowest BCUT2D eigenvalue weighted by Crippen LogP contribution is -2.60. The highest BCUT2D eigenvalue weighted by Crippen LogP contribution is 2.29. The molecule has 0 heterocycles. The number of ether oxygens (including phenoxy) is 1. The minimum absolute atomic E-state index is 0.132. The van der Waals surface area contributed by atoms with E-state index in [-0.39, 0.29) is 11.9 Å². The number of hydrogen-bond acceptors (Lipinski definition) is 3. The summed E-state index contributed by atoms with van der Waals surface area (Å²) < 4.78 is 5.16. The van der Waals surface area contributed by atoms with Gasteiger partial charge in [-0.3, -0.25) is 4.79 Å². The van der Waals surface area contributed by atoms with Crippen molar-refractivity contribution >= 4 is 17.6 Å². The van der Waals surface area contributed by atoms with E-state index in [2.05, 4.69) is 16.0 Å². The average Bonchev–Trinajstić information content (AvgIpc) is 2.74. The van der Waals surface area contributed by atoms with Crippen LogP contribution in [-0.2, 0) is 11.3 Å². The van der Waals surface area contributed by atoms with Crippen LogP contribution in [0.25, 0.3) is 0 Å². The van der Waals surface area contributed by atoms with Crippen LogP contribution in [0.15, 0.2) is 48.5 Å². The summed E-state index contributed by atoms with van der Waals surface area (Å²) in [5, 5.41) is 8.81. The molecule has 0 atom stereocenters. The number of aryl methyl sites for hydroxylation is 1. The van der Waals surface area contributed by atoms with Crippen molar-refractivity contribution in [3.63, 3.8) is 0 Å². The van der Waals surface area contributed by atoms with Crippen molar-refractivity contribution in [1.82, 2.24) is 10.6 Å². The maximum atomic E-state index is 13.1. The van der Waals surface area contributed by atoms with Gasteiger partial charge >= 0.3 is 6.03 Å². The highest BCUT2D eigenvalue weighted by Gasteiger charge is 2.40. The highest BCUT2D eigenvalue weighted by atomic mass is 16.5. The summed E-state index contributed by atoms with van der Waals surface area (Å²) in [7, 11) is 1.62. The molecule has 0 unspecified atom stereocenters. The van der Waals surface area contributed by atoms with Crippen LogP contribution in [0.1, 0.15) is 43.2 Å². The number of benzene rings is 2. The summed E-state index contributed by atoms with van der Waals surface area (Å²) in [5.74, 6) is 0.644. The van der Waals surface area contributed by atoms with E-state index in [1.807, 2.05) is 55.5 Å². The molecule has 1 fully saturated rings. The van der Waals surface area contributed by atoms with Crippen LogP contribution in [0.3, 0.4) is 0 Å². The summed E-state index contributed by atoms with van der Waals surface area (Å²) in [6.45, 7) is 2.40. The third kappa shape index (κ3) is 5.50. The fraction of sp³-hybridized carbons (Fsp3) is 0.391. The zero-order valence-corrected chi connectivity index (χ0v) is 17.1. The second kappa shape index (κ2) is 9.45. The van der Waals surface area contributed by atoms with Crippen LogP contribution in [0, 0.1) is 6.92 Å². The summed E-state index contributed by atoms with van der Waals surface area (Å²) in [6.07, 6.45) is 4.20. The number of anilines is 1. The number of methoxy groups -OCH3 is 1. The fourth-order valence-electron chi connectivity index (χ4n) is 3.68. The largest absolute Gasteiger partial charge is 0.497 e. The quantitative estimate of drug-likeness (QED) is 0.688. The van der Waals surface area contributed by atoms with E-state index in [4.69, 9.17) is 4.74 Å². The molecule has 1 aliphatic rings. The summed E-state index contributed by atoms with van der Waals surface area (Å²) in [6, 6.07) is 14.8. The minimum Gasteiger partial charge on any atom is -0.497 e. The Balaban J connectivity index is 1.63. The average molecular weight is 396 g/mol. The second-order valence-corrected chi connectivity index (χ2v) is 7.62. The summed E-state index contributed by atoms with van der Waals surface area (Å²) >= 11 is 0. The number of carbonyl (C=O) groups excluding carboxylic acids is 2. The first-order valence-corrected chi connectivity index (χ1v) is 10.1. The third-order valence-corrected chi connectivity index (χ3v) is 5.42. The van der Waals surface area contributed by atoms with Gasteiger partial charge in [0.05, 0.1) is 7.11 Å². The van der Waals surface area contributed by atoms with E-state index in [1.165, 1.54) is 0 Å². The number of hydrogen-bond donors (Lipinski definition) is 3. The predicted octanol–water partition coefficient (Wildman–Crippen LogP) is 4.14. The fourth-order valence-corrected chi connectivity index (χ4v) is 3.68. The Kier molecular flexibility index (Phi) is 6.75. The van der Waals surface area contributed by atoms with Crippen molar-refractivity contribution in [3.8, 4) is 5.75 Å². The van der Waals surface area contributed by atoms with E-state index < -0.39 is 5.54 Å². The van der Waals surface area contributed by atoms with E-state index in [0.29, 0.717) is 25.1 Å². The van der Waals surface area contributed by atoms with Gasteiger partial charge in [0.15, 0.2) is 0 Å². The van der Waals surface area contributed by atoms with E-state index in [0.717, 1.165) is 36.1 Å². The molecule has 3 N–H and O–H groups in total. The topological polar surface area (TPSA) is 79.5 Å². The lowest BCUT2D eigenvalue weighted by molar-refractivity contribution is -0.128. The summed E-state index contributed by atoms with van der Waals surface area (Å²) in [5.41, 5.74) is 1.93. The van der Waals surface area contributed by atoms with Crippen molar-refractivity contribution in [3.05, 3.63) is 59.7 Å². The number of amides is 3. The lowest BCUT2D eigenvalue weighted by Gasteiger charge is -2.36. The maximum absolute atomic E-state index is 13.1. The van der Waals surface area contributed by atoms with Crippen LogP contribution in [0.4, 0.5) is 10.5 Å². The van der Waals surface area contributed by atoms with E-state index >= 15 is 0 Å². The SMILES string of the molecule is COc1ccc(CNC(=O)C2(NC(=O)Nc3ccc(C)cc3)CCCCC2)cc1. The first-order valence-electron chi connectivity index (χ1n) is 10.1. The van der Waals surface area contributed by atoms with Gasteiger partial charge in [0.2, 0.25) is 5.91 Å². The van der Waals surface area contributed by atoms with Gasteiger partial charge in [0.1, 0.15) is 11.3 Å². The van der Waals surface area contributed by atoms with Gasteiger partial charge in [0, 0.05) is 12.2 Å². The second-order valence-electron chi connectivity index (χ2n) is 7.62. The molecule has 0 aromatic heterocycles. The molecule has 1 saturated carbocycles. The van der Waals surface area contributed by atoms with Gasteiger partial charge in [-0.25, -0.2) is 4.79 Å². The van der Waals surface area contributed by atoms with Gasteiger partial charge in [-0.1, -0.05) is 49.1 Å². The van der Waals surface area contributed by atoms with E-state index in [9.17, 15) is 9.59 Å². The molecular weight excluding hydrogens is 366 g/mol. The maximum Gasteiger partial charge on any atom is 0.320 e. The molecule has 0 aliphatic heterocycles. The highest BCUT2D eigenvalue weighted by molar-refractivity contribution is 5.96. The Bertz CT molecular complexity index is 825. The molecule has 1 aliphatic carbocycles. The van der Waals surface area contributed by atoms with Crippen molar-refractivity contribution in [2.45, 2.75) is 51.1 Å². The van der Waals surface area contributed by atoms with Gasteiger partial charge in [-0.15, -0.1) is 0 Å². The van der Waals surface area contributed by atoms with Gasteiger partial charge in [0.25, 0.3) is 0 Å². The van der Waals surface area contributed by atoms with E-state index in [1.54, 1.807) is 7.11 Å². The number of urea groups is 1. The molecule has 0 spiro atoms. The molecule has 2 aromatic rings. The smallest absolute Gasteiger partial charge is 0.320 e. The molecule has 0 saturated heterocycles. The van der Waals surface area contributed by atoms with Crippen LogP contribution in [0.2, 0.25) is 0 Å². The molecule has 154 valence electrons. The zero-order valence-electron chi connectivity index (χ0n) is 17.1.